The van der Waals surface area contributed by atoms with Crippen LogP contribution in [-0.2, 0) is 16.0 Å². The topological polar surface area (TPSA) is 47.6 Å². The first-order valence-corrected chi connectivity index (χ1v) is 7.66. The van der Waals surface area contributed by atoms with E-state index in [1.165, 1.54) is 5.56 Å². The molecule has 1 aromatic rings. The number of amides is 1. The summed E-state index contributed by atoms with van der Waals surface area (Å²) >= 11 is 0. The number of nitrogens with one attached hydrogen (secondary N) is 1. The van der Waals surface area contributed by atoms with Gasteiger partial charge >= 0.3 is 0 Å². The SMILES string of the molecule is COc1cccc(CCNC(=O)C2CCC(OC)CC2)c1. The van der Waals surface area contributed by atoms with Crippen LogP contribution in [0, 0.1) is 5.92 Å². The Bertz CT molecular complexity index is 453. The van der Waals surface area contributed by atoms with Gasteiger partial charge in [0.05, 0.1) is 13.2 Å². The van der Waals surface area contributed by atoms with Crippen molar-refractivity contribution < 1.29 is 14.3 Å². The molecule has 4 heteroatoms. The van der Waals surface area contributed by atoms with Gasteiger partial charge in [-0.1, -0.05) is 12.1 Å². The molecule has 0 saturated heterocycles. The number of methoxy groups -OCH3 is 2. The number of carbonyl (C=O) groups is 1. The molecule has 1 aromatic carbocycles. The smallest absolute Gasteiger partial charge is 0.223 e. The Kier molecular flexibility index (Phi) is 6.05. The van der Waals surface area contributed by atoms with E-state index in [4.69, 9.17) is 9.47 Å². The van der Waals surface area contributed by atoms with E-state index in [0.29, 0.717) is 12.6 Å². The van der Waals surface area contributed by atoms with Crippen LogP contribution < -0.4 is 10.1 Å². The zero-order valence-corrected chi connectivity index (χ0v) is 12.9. The van der Waals surface area contributed by atoms with Crippen molar-refractivity contribution in [1.82, 2.24) is 5.32 Å². The molecule has 1 N–H and O–H groups in total. The lowest BCUT2D eigenvalue weighted by Crippen LogP contribution is -2.35. The molecule has 0 unspecified atom stereocenters. The summed E-state index contributed by atoms with van der Waals surface area (Å²) in [4.78, 5) is 12.1. The average molecular weight is 291 g/mol. The quantitative estimate of drug-likeness (QED) is 0.876. The highest BCUT2D eigenvalue weighted by atomic mass is 16.5. The molecule has 0 radical (unpaired) electrons. The standard InChI is InChI=1S/C17H25NO3/c1-20-15-8-6-14(7-9-15)17(19)18-11-10-13-4-3-5-16(12-13)21-2/h3-5,12,14-15H,6-11H2,1-2H3,(H,18,19). The Morgan fingerprint density at radius 2 is 2.00 bits per heavy atom. The van der Waals surface area contributed by atoms with Crippen molar-refractivity contribution in [1.29, 1.82) is 0 Å². The van der Waals surface area contributed by atoms with Gasteiger partial charge in [0.2, 0.25) is 5.91 Å². The first kappa shape index (κ1) is 15.8. The number of ether oxygens (including phenoxy) is 2. The number of rotatable bonds is 6. The summed E-state index contributed by atoms with van der Waals surface area (Å²) in [6, 6.07) is 7.97. The summed E-state index contributed by atoms with van der Waals surface area (Å²) in [7, 11) is 3.41. The molecule has 116 valence electrons. The number of hydrogen-bond donors (Lipinski definition) is 1. The van der Waals surface area contributed by atoms with Crippen molar-refractivity contribution in [3.63, 3.8) is 0 Å². The Morgan fingerprint density at radius 3 is 2.67 bits per heavy atom. The van der Waals surface area contributed by atoms with Gasteiger partial charge in [-0.05, 0) is 49.8 Å². The molecule has 0 bridgehead atoms. The Hall–Kier alpha value is -1.55. The fraction of sp³-hybridized carbons (Fsp3) is 0.588. The second-order valence-corrected chi connectivity index (χ2v) is 5.60. The highest BCUT2D eigenvalue weighted by molar-refractivity contribution is 5.78. The first-order chi connectivity index (χ1) is 10.2. The number of carbonyl (C=O) groups excluding carboxylic acids is 1. The zero-order valence-electron chi connectivity index (χ0n) is 12.9. The molecule has 0 aromatic heterocycles. The molecule has 4 nitrogen and oxygen atoms in total. The van der Waals surface area contributed by atoms with Gasteiger partial charge in [0.1, 0.15) is 5.75 Å². The van der Waals surface area contributed by atoms with Crippen molar-refractivity contribution in [3.8, 4) is 5.75 Å². The average Bonchev–Trinajstić information content (AvgIpc) is 2.55. The molecule has 1 fully saturated rings. The summed E-state index contributed by atoms with van der Waals surface area (Å²) in [5.41, 5.74) is 1.18. The lowest BCUT2D eigenvalue weighted by Gasteiger charge is -2.26. The van der Waals surface area contributed by atoms with Crippen molar-refractivity contribution in [2.24, 2.45) is 5.92 Å². The Balaban J connectivity index is 1.72. The maximum atomic E-state index is 12.1. The summed E-state index contributed by atoms with van der Waals surface area (Å²) in [5.74, 6) is 1.20. The second kappa shape index (κ2) is 8.03. The van der Waals surface area contributed by atoms with Crippen molar-refractivity contribution in [2.75, 3.05) is 20.8 Å². The van der Waals surface area contributed by atoms with Gasteiger partial charge in [0.25, 0.3) is 0 Å². The van der Waals surface area contributed by atoms with E-state index in [1.54, 1.807) is 14.2 Å². The molecule has 0 spiro atoms. The third-order valence-electron chi connectivity index (χ3n) is 4.23. The minimum atomic E-state index is 0.154. The van der Waals surface area contributed by atoms with Crippen LogP contribution in [0.1, 0.15) is 31.2 Å². The maximum Gasteiger partial charge on any atom is 0.223 e. The summed E-state index contributed by atoms with van der Waals surface area (Å²) < 4.78 is 10.5. The van der Waals surface area contributed by atoms with Crippen LogP contribution >= 0.6 is 0 Å². The lowest BCUT2D eigenvalue weighted by atomic mass is 9.87. The van der Waals surface area contributed by atoms with Gasteiger partial charge in [-0.3, -0.25) is 4.79 Å². The largest absolute Gasteiger partial charge is 0.497 e. The highest BCUT2D eigenvalue weighted by Crippen LogP contribution is 2.25. The summed E-state index contributed by atoms with van der Waals surface area (Å²) in [6.07, 6.45) is 5.02. The van der Waals surface area contributed by atoms with Crippen LogP contribution in [0.4, 0.5) is 0 Å². The maximum absolute atomic E-state index is 12.1. The van der Waals surface area contributed by atoms with E-state index >= 15 is 0 Å². The fourth-order valence-electron chi connectivity index (χ4n) is 2.86. The van der Waals surface area contributed by atoms with Crippen LogP contribution in [0.25, 0.3) is 0 Å². The molecule has 1 aliphatic rings. The molecular formula is C17H25NO3. The van der Waals surface area contributed by atoms with Crippen LogP contribution in [0.15, 0.2) is 24.3 Å². The number of benzene rings is 1. The molecule has 0 atom stereocenters. The Labute approximate surface area is 126 Å². The minimum absolute atomic E-state index is 0.154. The fourth-order valence-corrected chi connectivity index (χ4v) is 2.86. The van der Waals surface area contributed by atoms with Gasteiger partial charge in [-0.25, -0.2) is 0 Å². The van der Waals surface area contributed by atoms with Gasteiger partial charge in [0, 0.05) is 19.6 Å². The van der Waals surface area contributed by atoms with Crippen molar-refractivity contribution >= 4 is 5.91 Å². The molecule has 21 heavy (non-hydrogen) atoms. The molecule has 1 aliphatic carbocycles. The summed E-state index contributed by atoms with van der Waals surface area (Å²) in [5, 5.41) is 3.05. The van der Waals surface area contributed by atoms with E-state index in [0.717, 1.165) is 37.9 Å². The van der Waals surface area contributed by atoms with E-state index in [-0.39, 0.29) is 11.8 Å². The van der Waals surface area contributed by atoms with Crippen LogP contribution in [0.5, 0.6) is 5.75 Å². The first-order valence-electron chi connectivity index (χ1n) is 7.66. The molecule has 0 aliphatic heterocycles. The van der Waals surface area contributed by atoms with Crippen LogP contribution in [0.3, 0.4) is 0 Å². The monoisotopic (exact) mass is 291 g/mol. The molecular weight excluding hydrogens is 266 g/mol. The van der Waals surface area contributed by atoms with Gasteiger partial charge in [0.15, 0.2) is 0 Å². The number of hydrogen-bond acceptors (Lipinski definition) is 3. The minimum Gasteiger partial charge on any atom is -0.497 e. The van der Waals surface area contributed by atoms with Gasteiger partial charge in [-0.2, -0.15) is 0 Å². The Morgan fingerprint density at radius 1 is 1.24 bits per heavy atom. The third-order valence-corrected chi connectivity index (χ3v) is 4.23. The normalized spacial score (nSPS) is 21.8. The summed E-state index contributed by atoms with van der Waals surface area (Å²) in [6.45, 7) is 0.677. The van der Waals surface area contributed by atoms with E-state index in [2.05, 4.69) is 11.4 Å². The predicted molar refractivity (Wildman–Crippen MR) is 82.5 cm³/mol. The van der Waals surface area contributed by atoms with Gasteiger partial charge in [-0.15, -0.1) is 0 Å². The molecule has 1 amide bonds. The molecule has 1 saturated carbocycles. The highest BCUT2D eigenvalue weighted by Gasteiger charge is 2.25. The van der Waals surface area contributed by atoms with Crippen molar-refractivity contribution in [3.05, 3.63) is 29.8 Å². The van der Waals surface area contributed by atoms with E-state index in [1.807, 2.05) is 18.2 Å². The molecule has 0 heterocycles. The second-order valence-electron chi connectivity index (χ2n) is 5.60. The third kappa shape index (κ3) is 4.74. The zero-order chi connectivity index (χ0) is 15.1. The molecule has 2 rings (SSSR count). The van der Waals surface area contributed by atoms with E-state index < -0.39 is 0 Å². The van der Waals surface area contributed by atoms with Gasteiger partial charge < -0.3 is 14.8 Å². The lowest BCUT2D eigenvalue weighted by molar-refractivity contribution is -0.126. The van der Waals surface area contributed by atoms with Crippen molar-refractivity contribution in [2.45, 2.75) is 38.2 Å². The van der Waals surface area contributed by atoms with E-state index in [9.17, 15) is 4.79 Å². The van der Waals surface area contributed by atoms with Crippen LogP contribution in [-0.4, -0.2) is 32.8 Å². The predicted octanol–water partition coefficient (Wildman–Crippen LogP) is 2.56. The van der Waals surface area contributed by atoms with Crippen LogP contribution in [0.2, 0.25) is 0 Å².